The Hall–Kier alpha value is -2.00. The number of aliphatic hydroxyl groups is 2. The molecule has 6 fully saturated rings. The van der Waals surface area contributed by atoms with Crippen LogP contribution in [0.25, 0.3) is 0 Å². The van der Waals surface area contributed by atoms with Gasteiger partial charge in [-0.3, -0.25) is 10.5 Å². The first-order valence-electron chi connectivity index (χ1n) is 20.4. The summed E-state index contributed by atoms with van der Waals surface area (Å²) in [5.74, 6) is -0.712. The lowest BCUT2D eigenvalue weighted by molar-refractivity contribution is -0.706. The molecule has 5 saturated heterocycles. The molecule has 0 aromatic carbocycles. The summed E-state index contributed by atoms with van der Waals surface area (Å²) in [6.45, 7) is 8.97. The Balaban J connectivity index is 1.28. The van der Waals surface area contributed by atoms with E-state index in [9.17, 15) is 19.8 Å². The van der Waals surface area contributed by atoms with Crippen LogP contribution in [-0.4, -0.2) is 103 Å². The summed E-state index contributed by atoms with van der Waals surface area (Å²) in [7, 11) is 0. The molecule has 0 aromatic rings. The number of fused-ring (bicyclic) bond motifs is 7. The van der Waals surface area contributed by atoms with Crippen molar-refractivity contribution in [1.29, 1.82) is 0 Å². The molecule has 8 aliphatic rings. The van der Waals surface area contributed by atoms with E-state index >= 15 is 0 Å². The highest BCUT2D eigenvalue weighted by atomic mass is 16.6. The van der Waals surface area contributed by atoms with Crippen LogP contribution >= 0.6 is 0 Å². The number of Topliss-reactive ketones (excluding diaryl/α,β-unsaturated/α-hetero) is 1. The second kappa shape index (κ2) is 14.6. The fraction of sp³-hybridized carbons (Fsp3) is 0.800. The molecule has 5 aliphatic heterocycles. The van der Waals surface area contributed by atoms with E-state index in [0.29, 0.717) is 30.4 Å². The van der Waals surface area contributed by atoms with Gasteiger partial charge in [-0.25, -0.2) is 4.79 Å². The number of aliphatic hydroxyl groups excluding tert-OH is 2. The Labute approximate surface area is 307 Å². The van der Waals surface area contributed by atoms with Gasteiger partial charge >= 0.3 is 5.97 Å². The summed E-state index contributed by atoms with van der Waals surface area (Å²) in [4.78, 5) is 28.0. The summed E-state index contributed by atoms with van der Waals surface area (Å²) in [6, 6.07) is 0. The Morgan fingerprint density at radius 1 is 1.13 bits per heavy atom. The Morgan fingerprint density at radius 3 is 2.73 bits per heavy atom. The third-order valence-electron chi connectivity index (χ3n) is 14.9. The van der Waals surface area contributed by atoms with Crippen LogP contribution in [0.3, 0.4) is 0 Å². The number of ketones is 1. The molecular weight excluding hydrogens is 662 g/mol. The third kappa shape index (κ3) is 6.18. The second-order valence-electron chi connectivity index (χ2n) is 17.6. The van der Waals surface area contributed by atoms with Crippen LogP contribution in [-0.2, 0) is 23.8 Å². The van der Waals surface area contributed by atoms with Crippen LogP contribution in [0.2, 0.25) is 0 Å². The fourth-order valence-corrected chi connectivity index (χ4v) is 12.3. The molecule has 3 aliphatic carbocycles. The second-order valence-corrected chi connectivity index (χ2v) is 17.6. The molecule has 1 saturated carbocycles. The molecule has 5 heterocycles. The highest BCUT2D eigenvalue weighted by Gasteiger charge is 2.65. The van der Waals surface area contributed by atoms with Crippen molar-refractivity contribution in [3.05, 3.63) is 34.4 Å². The van der Waals surface area contributed by atoms with E-state index in [1.807, 2.05) is 13.0 Å². The maximum absolute atomic E-state index is 14.1. The number of quaternary nitrogens is 2. The number of hydrogen-bond donors (Lipinski definition) is 7. The fourth-order valence-electron chi connectivity index (χ4n) is 12.3. The largest absolute Gasteiger partial charge is 0.456 e. The van der Waals surface area contributed by atoms with Crippen LogP contribution < -0.4 is 27.4 Å². The molecule has 2 bridgehead atoms. The average molecular weight is 726 g/mol. The van der Waals surface area contributed by atoms with Crippen molar-refractivity contribution >= 4 is 11.8 Å². The molecule has 12 nitrogen and oxygen atoms in total. The molecule has 16 atom stereocenters. The van der Waals surface area contributed by atoms with Crippen molar-refractivity contribution in [2.75, 3.05) is 32.8 Å². The average Bonchev–Trinajstić information content (AvgIpc) is 3.43. The van der Waals surface area contributed by atoms with Crippen molar-refractivity contribution in [3.8, 4) is 0 Å². The van der Waals surface area contributed by atoms with Crippen molar-refractivity contribution in [2.45, 2.75) is 121 Å². The quantitative estimate of drug-likeness (QED) is 0.137. The van der Waals surface area contributed by atoms with E-state index in [4.69, 9.17) is 25.7 Å². The van der Waals surface area contributed by atoms with Crippen molar-refractivity contribution in [1.82, 2.24) is 5.32 Å². The number of nitrogens with one attached hydrogen (secondary N) is 1. The molecule has 52 heavy (non-hydrogen) atoms. The molecule has 0 amide bonds. The van der Waals surface area contributed by atoms with Gasteiger partial charge in [0.1, 0.15) is 30.2 Å². The Kier molecular flexibility index (Phi) is 10.4. The molecule has 0 spiro atoms. The standard InChI is InChI=1S/C40H61N5O7/c1-4-19(16-43-5-2)39(49)51-30-15-26-35(48)34-29(47)14-24(18-46)50-37(34)27-11-21-8-9-44-38(42)33(21)25-7-6-20-10-22-13-31(41)45-17-23(22)12-28(32(20)25)40(30,3)52-36(26)27/h4,7,21-24,26-28,30-31,33-38,43-46,48H,5-6,8-18,41-42H2,1-3H3/p+2/t21?,22?,23?,24?,26?,27?,28-,30+,31?,33?,34?,35?,36?,37?,38?,40+/m1/s1. The number of carbonyl (C=O) groups excluding carboxylic acids is 2. The maximum atomic E-state index is 14.1. The van der Waals surface area contributed by atoms with Gasteiger partial charge in [0, 0.05) is 42.4 Å². The number of ether oxygens (including phenoxy) is 3. The van der Waals surface area contributed by atoms with E-state index in [1.165, 1.54) is 16.7 Å². The maximum Gasteiger partial charge on any atom is 0.339 e. The number of allylic oxidation sites excluding steroid dienone is 3. The first-order chi connectivity index (χ1) is 25.1. The normalized spacial score (nSPS) is 47.3. The van der Waals surface area contributed by atoms with Gasteiger partial charge in [0.05, 0.1) is 61.8 Å². The molecular formula is C40H63N5O7+2. The van der Waals surface area contributed by atoms with E-state index < -0.39 is 48.0 Å². The molecule has 288 valence electrons. The summed E-state index contributed by atoms with van der Waals surface area (Å²) >= 11 is 0. The van der Waals surface area contributed by atoms with Gasteiger partial charge < -0.3 is 46.1 Å². The van der Waals surface area contributed by atoms with Gasteiger partial charge in [0.15, 0.2) is 0 Å². The first-order valence-corrected chi connectivity index (χ1v) is 20.4. The lowest BCUT2D eigenvalue weighted by Crippen LogP contribution is -2.96. The number of esters is 1. The number of likely N-dealkylation sites (N-methyl/N-ethyl adjacent to an activating group) is 1. The lowest BCUT2D eigenvalue weighted by atomic mass is 9.57. The van der Waals surface area contributed by atoms with Gasteiger partial charge in [-0.05, 0) is 88.8 Å². The monoisotopic (exact) mass is 725 g/mol. The summed E-state index contributed by atoms with van der Waals surface area (Å²) in [5.41, 5.74) is 17.5. The minimum Gasteiger partial charge on any atom is -0.456 e. The van der Waals surface area contributed by atoms with Crippen molar-refractivity contribution in [2.24, 2.45) is 58.8 Å². The van der Waals surface area contributed by atoms with Gasteiger partial charge in [-0.2, -0.15) is 0 Å². The van der Waals surface area contributed by atoms with Gasteiger partial charge in [-0.15, -0.1) is 0 Å². The SMILES string of the molecule is CC=C(C[NH2+]CC)C(=O)O[C@H]1CC2C(O)C3C(=O)CC(CO)OC3C3CC4CCNC(N)C4C4=CCC5=C4[C@@H](CC4C[NH2+]C(N)CC4C5)[C@]1(C)OC23. The molecule has 11 N–H and O–H groups in total. The number of carbonyl (C=O) groups is 2. The lowest BCUT2D eigenvalue weighted by Gasteiger charge is -2.61. The van der Waals surface area contributed by atoms with Gasteiger partial charge in [-0.1, -0.05) is 17.7 Å². The molecule has 13 unspecified atom stereocenters. The van der Waals surface area contributed by atoms with Gasteiger partial charge in [0.2, 0.25) is 0 Å². The zero-order chi connectivity index (χ0) is 36.5. The molecule has 12 heteroatoms. The van der Waals surface area contributed by atoms with Crippen LogP contribution in [0.4, 0.5) is 0 Å². The topological polar surface area (TPSA) is 200 Å². The Morgan fingerprint density at radius 2 is 1.96 bits per heavy atom. The third-order valence-corrected chi connectivity index (χ3v) is 14.9. The predicted molar refractivity (Wildman–Crippen MR) is 192 cm³/mol. The van der Waals surface area contributed by atoms with Crippen LogP contribution in [0.5, 0.6) is 0 Å². The van der Waals surface area contributed by atoms with E-state index in [2.05, 4.69) is 35.9 Å². The van der Waals surface area contributed by atoms with Crippen LogP contribution in [0, 0.1) is 47.3 Å². The number of nitrogens with two attached hydrogens (primary N) is 4. The predicted octanol–water partition coefficient (Wildman–Crippen LogP) is -0.647. The first kappa shape index (κ1) is 36.9. The summed E-state index contributed by atoms with van der Waals surface area (Å²) in [6.07, 6.45) is 6.70. The molecule has 8 rings (SSSR count). The van der Waals surface area contributed by atoms with E-state index in [0.717, 1.165) is 58.2 Å². The van der Waals surface area contributed by atoms with Crippen molar-refractivity contribution < 1.29 is 44.6 Å². The van der Waals surface area contributed by atoms with Crippen molar-refractivity contribution in [3.63, 3.8) is 0 Å². The van der Waals surface area contributed by atoms with Crippen LogP contribution in [0.1, 0.15) is 72.1 Å². The van der Waals surface area contributed by atoms with E-state index in [-0.39, 0.29) is 60.8 Å². The highest BCUT2D eigenvalue weighted by molar-refractivity contribution is 5.88. The smallest absolute Gasteiger partial charge is 0.339 e. The zero-order valence-electron chi connectivity index (χ0n) is 31.3. The molecule has 0 radical (unpaired) electrons. The number of rotatable bonds is 6. The number of hydrogen-bond acceptors (Lipinski definition) is 10. The zero-order valence-corrected chi connectivity index (χ0v) is 31.3. The van der Waals surface area contributed by atoms with E-state index in [1.54, 1.807) is 0 Å². The minimum absolute atomic E-state index is 0.0528. The molecule has 0 aromatic heterocycles. The minimum atomic E-state index is -1.02. The number of piperidine rings is 2. The summed E-state index contributed by atoms with van der Waals surface area (Å²) < 4.78 is 20.9. The Bertz CT molecular complexity index is 1500. The van der Waals surface area contributed by atoms with Crippen LogP contribution in [0.15, 0.2) is 34.4 Å². The van der Waals surface area contributed by atoms with Gasteiger partial charge in [0.25, 0.3) is 0 Å². The summed E-state index contributed by atoms with van der Waals surface area (Å²) in [5, 5.41) is 30.4. The highest BCUT2D eigenvalue weighted by Crippen LogP contribution is 2.59.